The summed E-state index contributed by atoms with van der Waals surface area (Å²) >= 11 is 1.33. The summed E-state index contributed by atoms with van der Waals surface area (Å²) in [6.45, 7) is 2.68. The molecule has 0 bridgehead atoms. The van der Waals surface area contributed by atoms with Crippen LogP contribution >= 0.6 is 18.0 Å². The van der Waals surface area contributed by atoms with Crippen LogP contribution in [0.25, 0.3) is 0 Å². The largest absolute Gasteiger partial charge is 0.294 e. The van der Waals surface area contributed by atoms with Crippen molar-refractivity contribution in [1.82, 2.24) is 9.76 Å². The van der Waals surface area contributed by atoms with E-state index in [9.17, 15) is 9.36 Å². The van der Waals surface area contributed by atoms with Crippen LogP contribution in [0.3, 0.4) is 0 Å². The van der Waals surface area contributed by atoms with Crippen LogP contribution in [0.15, 0.2) is 0 Å². The molecule has 1 N–H and O–H groups in total. The van der Waals surface area contributed by atoms with Gasteiger partial charge in [0.15, 0.2) is 0 Å². The third kappa shape index (κ3) is 3.64. The van der Waals surface area contributed by atoms with Gasteiger partial charge in [0.05, 0.1) is 0 Å². The summed E-state index contributed by atoms with van der Waals surface area (Å²) < 4.78 is 13.5. The van der Waals surface area contributed by atoms with Gasteiger partial charge in [0.2, 0.25) is 5.91 Å². The number of carbonyl (C=O) groups excluding carboxylic acids is 1. The number of hydrogen-bond acceptors (Lipinski definition) is 3. The Hall–Kier alpha value is 0.0100. The van der Waals surface area contributed by atoms with Gasteiger partial charge in [-0.1, -0.05) is 25.2 Å². The number of nitrogens with zero attached hydrogens (tertiary/aromatic N) is 1. The molecule has 14 heavy (non-hydrogen) atoms. The zero-order valence-corrected chi connectivity index (χ0v) is 11.1. The van der Waals surface area contributed by atoms with Crippen molar-refractivity contribution in [3.63, 3.8) is 0 Å². The summed E-state index contributed by atoms with van der Waals surface area (Å²) in [6.07, 6.45) is 0.933. The quantitative estimate of drug-likeness (QED) is 0.747. The van der Waals surface area contributed by atoms with Crippen molar-refractivity contribution in [3.8, 4) is 0 Å². The molecule has 4 nitrogen and oxygen atoms in total. The summed E-state index contributed by atoms with van der Waals surface area (Å²) in [5.41, 5.74) is 0. The Morgan fingerprint density at radius 3 is 2.43 bits per heavy atom. The van der Waals surface area contributed by atoms with Crippen LogP contribution < -0.4 is 5.09 Å². The van der Waals surface area contributed by atoms with Gasteiger partial charge in [0, 0.05) is 19.2 Å². The molecular weight excluding hydrogens is 219 g/mol. The SMILES string of the molecule is CCC(C)SP(=O)(NC)N(C)C(C)=O. The fraction of sp³-hybridized carbons (Fsp3) is 0.875. The van der Waals surface area contributed by atoms with E-state index in [4.69, 9.17) is 0 Å². The van der Waals surface area contributed by atoms with Crippen LogP contribution in [0.4, 0.5) is 0 Å². The minimum Gasteiger partial charge on any atom is -0.277 e. The maximum absolute atomic E-state index is 12.2. The highest BCUT2D eigenvalue weighted by Gasteiger charge is 2.30. The molecule has 0 rings (SSSR count). The predicted octanol–water partition coefficient (Wildman–Crippen LogP) is 2.32. The number of hydrogen-bond donors (Lipinski definition) is 1. The standard InChI is InChI=1S/C8H19N2O2PS/c1-6-7(2)14-13(12,9-4)10(5)8(3)11/h7H,6H2,1-5H3,(H,9,12). The lowest BCUT2D eigenvalue weighted by Gasteiger charge is -2.27. The molecule has 6 heteroatoms. The second-order valence-electron chi connectivity index (χ2n) is 3.11. The molecule has 0 saturated carbocycles. The lowest BCUT2D eigenvalue weighted by molar-refractivity contribution is -0.123. The second kappa shape index (κ2) is 5.79. The lowest BCUT2D eigenvalue weighted by atomic mass is 10.4. The molecule has 0 aromatic carbocycles. The molecule has 0 aliphatic heterocycles. The van der Waals surface area contributed by atoms with E-state index in [0.717, 1.165) is 6.42 Å². The fourth-order valence-electron chi connectivity index (χ4n) is 0.777. The van der Waals surface area contributed by atoms with Gasteiger partial charge in [0.25, 0.3) is 6.65 Å². The molecule has 0 aromatic rings. The normalized spacial score (nSPS) is 17.2. The summed E-state index contributed by atoms with van der Waals surface area (Å²) in [4.78, 5) is 11.1. The van der Waals surface area contributed by atoms with E-state index in [0.29, 0.717) is 0 Å². The topological polar surface area (TPSA) is 49.4 Å². The van der Waals surface area contributed by atoms with Crippen molar-refractivity contribution in [2.24, 2.45) is 0 Å². The number of rotatable bonds is 5. The van der Waals surface area contributed by atoms with E-state index in [-0.39, 0.29) is 11.2 Å². The van der Waals surface area contributed by atoms with Gasteiger partial charge in [-0.2, -0.15) is 0 Å². The van der Waals surface area contributed by atoms with E-state index in [1.165, 1.54) is 23.0 Å². The van der Waals surface area contributed by atoms with Gasteiger partial charge < -0.3 is 0 Å². The molecule has 0 radical (unpaired) electrons. The monoisotopic (exact) mass is 238 g/mol. The Kier molecular flexibility index (Phi) is 5.79. The Labute approximate surface area is 90.0 Å². The highest BCUT2D eigenvalue weighted by molar-refractivity contribution is 8.57. The van der Waals surface area contributed by atoms with Gasteiger partial charge >= 0.3 is 0 Å². The first-order chi connectivity index (χ1) is 6.37. The number of carbonyl (C=O) groups is 1. The zero-order chi connectivity index (χ0) is 11.4. The van der Waals surface area contributed by atoms with Crippen molar-refractivity contribution in [2.45, 2.75) is 32.4 Å². The molecule has 0 aromatic heterocycles. The molecule has 0 heterocycles. The summed E-state index contributed by atoms with van der Waals surface area (Å²) in [7, 11) is 3.19. The Balaban J connectivity index is 4.63. The Morgan fingerprint density at radius 1 is 1.64 bits per heavy atom. The van der Waals surface area contributed by atoms with Crippen LogP contribution in [0.1, 0.15) is 27.2 Å². The lowest BCUT2D eigenvalue weighted by Crippen LogP contribution is -2.25. The average Bonchev–Trinajstić information content (AvgIpc) is 2.15. The fourth-order valence-corrected chi connectivity index (χ4v) is 5.33. The van der Waals surface area contributed by atoms with Crippen LogP contribution in [0.5, 0.6) is 0 Å². The minimum absolute atomic E-state index is 0.182. The van der Waals surface area contributed by atoms with Gasteiger partial charge in [0.1, 0.15) is 0 Å². The van der Waals surface area contributed by atoms with Crippen LogP contribution in [0, 0.1) is 0 Å². The Bertz CT molecular complexity index is 247. The highest BCUT2D eigenvalue weighted by atomic mass is 32.7. The summed E-state index contributed by atoms with van der Waals surface area (Å²) in [6, 6.07) is 0. The molecule has 0 aliphatic rings. The van der Waals surface area contributed by atoms with Crippen LogP contribution in [0.2, 0.25) is 0 Å². The maximum atomic E-state index is 12.2. The van der Waals surface area contributed by atoms with E-state index in [1.54, 1.807) is 14.1 Å². The van der Waals surface area contributed by atoms with E-state index in [1.807, 2.05) is 13.8 Å². The second-order valence-corrected chi connectivity index (χ2v) is 8.33. The maximum Gasteiger partial charge on any atom is 0.294 e. The Morgan fingerprint density at radius 2 is 2.14 bits per heavy atom. The minimum atomic E-state index is -2.77. The van der Waals surface area contributed by atoms with Gasteiger partial charge in [-0.05, 0) is 13.5 Å². The van der Waals surface area contributed by atoms with Gasteiger partial charge in [-0.3, -0.25) is 14.0 Å². The average molecular weight is 238 g/mol. The molecular formula is C8H19N2O2PS. The smallest absolute Gasteiger partial charge is 0.277 e. The molecule has 0 fully saturated rings. The first kappa shape index (κ1) is 14.0. The third-order valence-electron chi connectivity index (χ3n) is 2.03. The zero-order valence-electron chi connectivity index (χ0n) is 9.40. The van der Waals surface area contributed by atoms with E-state index in [2.05, 4.69) is 5.09 Å². The summed E-state index contributed by atoms with van der Waals surface area (Å²) in [5, 5.41) is 3.02. The molecule has 84 valence electrons. The number of nitrogens with one attached hydrogen (secondary N) is 1. The number of amides is 1. The first-order valence-electron chi connectivity index (χ1n) is 4.59. The molecule has 0 aliphatic carbocycles. The van der Waals surface area contributed by atoms with E-state index < -0.39 is 6.65 Å². The summed E-state index contributed by atoms with van der Waals surface area (Å²) in [5.74, 6) is -0.182. The molecule has 0 spiro atoms. The first-order valence-corrected chi connectivity index (χ1v) is 7.74. The van der Waals surface area contributed by atoms with Crippen molar-refractivity contribution in [2.75, 3.05) is 14.1 Å². The van der Waals surface area contributed by atoms with Gasteiger partial charge in [-0.15, -0.1) is 0 Å². The van der Waals surface area contributed by atoms with Crippen molar-refractivity contribution < 1.29 is 9.36 Å². The van der Waals surface area contributed by atoms with Gasteiger partial charge in [-0.25, -0.2) is 5.09 Å². The predicted molar refractivity (Wildman–Crippen MR) is 62.5 cm³/mol. The molecule has 1 amide bonds. The van der Waals surface area contributed by atoms with Crippen molar-refractivity contribution >= 4 is 23.9 Å². The molecule has 2 atom stereocenters. The molecule has 2 unspecified atom stereocenters. The highest BCUT2D eigenvalue weighted by Crippen LogP contribution is 2.58. The van der Waals surface area contributed by atoms with Crippen LogP contribution in [-0.2, 0) is 9.36 Å². The van der Waals surface area contributed by atoms with Crippen molar-refractivity contribution in [1.29, 1.82) is 0 Å². The van der Waals surface area contributed by atoms with Crippen molar-refractivity contribution in [3.05, 3.63) is 0 Å². The molecule has 0 saturated heterocycles. The third-order valence-corrected chi connectivity index (χ3v) is 7.87. The van der Waals surface area contributed by atoms with E-state index >= 15 is 0 Å². The van der Waals surface area contributed by atoms with Crippen LogP contribution in [-0.4, -0.2) is 29.9 Å².